The van der Waals surface area contributed by atoms with Crippen LogP contribution in [-0.2, 0) is 16.6 Å². The SMILES string of the molecule is Cc1cccc(CN2CCC(NC(=O)c3ccc(S(=O)(=O)N(C)C4CCCCC4)cc3)CC2)c1. The van der Waals surface area contributed by atoms with Crippen molar-refractivity contribution in [2.45, 2.75) is 75.4 Å². The highest BCUT2D eigenvalue weighted by molar-refractivity contribution is 7.89. The van der Waals surface area contributed by atoms with Gasteiger partial charge in [-0.15, -0.1) is 0 Å². The zero-order chi connectivity index (χ0) is 24.1. The molecule has 1 aliphatic heterocycles. The number of hydrogen-bond donors (Lipinski definition) is 1. The van der Waals surface area contributed by atoms with Crippen molar-refractivity contribution in [2.24, 2.45) is 0 Å². The molecule has 6 nitrogen and oxygen atoms in total. The van der Waals surface area contributed by atoms with E-state index < -0.39 is 10.0 Å². The van der Waals surface area contributed by atoms with Gasteiger partial charge in [0.05, 0.1) is 4.90 Å². The fraction of sp³-hybridized carbons (Fsp3) is 0.519. The number of hydrogen-bond acceptors (Lipinski definition) is 4. The van der Waals surface area contributed by atoms with Crippen molar-refractivity contribution in [2.75, 3.05) is 20.1 Å². The summed E-state index contributed by atoms with van der Waals surface area (Å²) in [6.45, 7) is 4.95. The van der Waals surface area contributed by atoms with Crippen molar-refractivity contribution < 1.29 is 13.2 Å². The molecule has 0 bridgehead atoms. The van der Waals surface area contributed by atoms with Gasteiger partial charge in [-0.05, 0) is 62.4 Å². The Morgan fingerprint density at radius 2 is 1.68 bits per heavy atom. The number of amides is 1. The monoisotopic (exact) mass is 483 g/mol. The maximum Gasteiger partial charge on any atom is 0.251 e. The lowest BCUT2D eigenvalue weighted by molar-refractivity contribution is 0.0909. The molecule has 1 saturated carbocycles. The molecule has 1 saturated heterocycles. The van der Waals surface area contributed by atoms with Crippen LogP contribution in [0.5, 0.6) is 0 Å². The summed E-state index contributed by atoms with van der Waals surface area (Å²) in [6, 6.07) is 15.2. The Morgan fingerprint density at radius 3 is 2.32 bits per heavy atom. The van der Waals surface area contributed by atoms with Crippen LogP contribution < -0.4 is 5.32 Å². The van der Waals surface area contributed by atoms with Crippen molar-refractivity contribution in [3.8, 4) is 0 Å². The van der Waals surface area contributed by atoms with Gasteiger partial charge in [0.15, 0.2) is 0 Å². The number of sulfonamides is 1. The maximum atomic E-state index is 13.0. The number of nitrogens with one attached hydrogen (secondary N) is 1. The molecule has 2 aromatic carbocycles. The van der Waals surface area contributed by atoms with E-state index in [0.29, 0.717) is 5.56 Å². The smallest absolute Gasteiger partial charge is 0.251 e. The maximum absolute atomic E-state index is 13.0. The summed E-state index contributed by atoms with van der Waals surface area (Å²) >= 11 is 0. The molecule has 0 unspecified atom stereocenters. The van der Waals surface area contributed by atoms with Gasteiger partial charge in [0.1, 0.15) is 0 Å². The minimum Gasteiger partial charge on any atom is -0.349 e. The zero-order valence-electron chi connectivity index (χ0n) is 20.4. The molecule has 184 valence electrons. The molecule has 2 aromatic rings. The first-order valence-corrected chi connectivity index (χ1v) is 13.9. The van der Waals surface area contributed by atoms with Crippen molar-refractivity contribution in [1.29, 1.82) is 0 Å². The number of likely N-dealkylation sites (tertiary alicyclic amines) is 1. The Labute approximate surface area is 204 Å². The Kier molecular flexibility index (Phi) is 8.06. The largest absolute Gasteiger partial charge is 0.349 e. The molecule has 0 spiro atoms. The van der Waals surface area contributed by atoms with Gasteiger partial charge >= 0.3 is 0 Å². The van der Waals surface area contributed by atoms with Crippen molar-refractivity contribution in [1.82, 2.24) is 14.5 Å². The van der Waals surface area contributed by atoms with Crippen LogP contribution in [0.4, 0.5) is 0 Å². The first kappa shape index (κ1) is 24.9. The molecule has 7 heteroatoms. The van der Waals surface area contributed by atoms with Crippen LogP contribution in [0.25, 0.3) is 0 Å². The van der Waals surface area contributed by atoms with Crippen molar-refractivity contribution in [3.63, 3.8) is 0 Å². The van der Waals surface area contributed by atoms with Crippen molar-refractivity contribution >= 4 is 15.9 Å². The number of carbonyl (C=O) groups is 1. The lowest BCUT2D eigenvalue weighted by Crippen LogP contribution is -2.44. The van der Waals surface area contributed by atoms with Crippen LogP contribution >= 0.6 is 0 Å². The van der Waals surface area contributed by atoms with E-state index in [2.05, 4.69) is 41.4 Å². The van der Waals surface area contributed by atoms with E-state index in [0.717, 1.165) is 58.2 Å². The fourth-order valence-electron chi connectivity index (χ4n) is 5.16. The van der Waals surface area contributed by atoms with Crippen LogP contribution in [0.15, 0.2) is 53.4 Å². The summed E-state index contributed by atoms with van der Waals surface area (Å²) in [5.74, 6) is -0.137. The standard InChI is InChI=1S/C27H37N3O3S/c1-21-7-6-8-22(19-21)20-30-17-15-24(16-18-30)28-27(31)23-11-13-26(14-12-23)34(32,33)29(2)25-9-4-3-5-10-25/h6-8,11-14,19,24-25H,3-5,9-10,15-18,20H2,1-2H3,(H,28,31). The van der Waals surface area contributed by atoms with Gasteiger partial charge in [-0.2, -0.15) is 4.31 Å². The summed E-state index contributed by atoms with van der Waals surface area (Å²) in [5, 5.41) is 3.14. The molecule has 1 N–H and O–H groups in total. The van der Waals surface area contributed by atoms with Gasteiger partial charge in [0, 0.05) is 44.3 Å². The first-order chi connectivity index (χ1) is 16.3. The van der Waals surface area contributed by atoms with Gasteiger partial charge in [0.25, 0.3) is 5.91 Å². The minimum absolute atomic E-state index is 0.0681. The minimum atomic E-state index is -3.55. The third-order valence-corrected chi connectivity index (χ3v) is 9.22. The predicted molar refractivity (Wildman–Crippen MR) is 135 cm³/mol. The van der Waals surface area contributed by atoms with Gasteiger partial charge in [-0.3, -0.25) is 9.69 Å². The van der Waals surface area contributed by atoms with E-state index in [1.54, 1.807) is 31.3 Å². The molecule has 0 atom stereocenters. The first-order valence-electron chi connectivity index (χ1n) is 12.5. The molecule has 1 amide bonds. The van der Waals surface area contributed by atoms with Crippen LogP contribution in [0.2, 0.25) is 0 Å². The quantitative estimate of drug-likeness (QED) is 0.636. The normalized spacial score (nSPS) is 18.8. The van der Waals surface area contributed by atoms with Gasteiger partial charge in [-0.25, -0.2) is 8.42 Å². The predicted octanol–water partition coefficient (Wildman–Crippen LogP) is 4.34. The Hall–Kier alpha value is -2.22. The van der Waals surface area contributed by atoms with Crippen LogP contribution in [0.3, 0.4) is 0 Å². The molecular formula is C27H37N3O3S. The molecule has 1 aliphatic carbocycles. The van der Waals surface area contributed by atoms with E-state index >= 15 is 0 Å². The lowest BCUT2D eigenvalue weighted by atomic mass is 9.96. The molecule has 4 rings (SSSR count). The molecule has 2 fully saturated rings. The summed E-state index contributed by atoms with van der Waals surface area (Å²) in [5.41, 5.74) is 3.10. The second-order valence-electron chi connectivity index (χ2n) is 9.85. The fourth-order valence-corrected chi connectivity index (χ4v) is 6.57. The molecular weight excluding hydrogens is 446 g/mol. The highest BCUT2D eigenvalue weighted by Gasteiger charge is 2.29. The lowest BCUT2D eigenvalue weighted by Gasteiger charge is -2.32. The number of nitrogens with zero attached hydrogens (tertiary/aromatic N) is 2. The third kappa shape index (κ3) is 6.06. The Balaban J connectivity index is 1.29. The average Bonchev–Trinajstić information content (AvgIpc) is 2.85. The molecule has 0 radical (unpaired) electrons. The van der Waals surface area contributed by atoms with Crippen LogP contribution in [0.1, 0.15) is 66.4 Å². The summed E-state index contributed by atoms with van der Waals surface area (Å²) < 4.78 is 27.6. The third-order valence-electron chi connectivity index (χ3n) is 7.29. The van der Waals surface area contributed by atoms with Gasteiger partial charge < -0.3 is 5.32 Å². The van der Waals surface area contributed by atoms with Crippen molar-refractivity contribution in [3.05, 3.63) is 65.2 Å². The van der Waals surface area contributed by atoms with Gasteiger partial charge in [0.2, 0.25) is 10.0 Å². The zero-order valence-corrected chi connectivity index (χ0v) is 21.2. The molecule has 0 aromatic heterocycles. The Bertz CT molecular complexity index is 1070. The summed E-state index contributed by atoms with van der Waals surface area (Å²) in [4.78, 5) is 15.5. The average molecular weight is 484 g/mol. The summed E-state index contributed by atoms with van der Waals surface area (Å²) in [7, 11) is -1.87. The van der Waals surface area contributed by atoms with E-state index in [4.69, 9.17) is 0 Å². The second kappa shape index (κ2) is 11.0. The molecule has 34 heavy (non-hydrogen) atoms. The van der Waals surface area contributed by atoms with Crippen LogP contribution in [-0.4, -0.2) is 55.8 Å². The molecule has 1 heterocycles. The number of benzene rings is 2. The van der Waals surface area contributed by atoms with E-state index in [1.807, 2.05) is 0 Å². The molecule has 2 aliphatic rings. The van der Waals surface area contributed by atoms with Gasteiger partial charge in [-0.1, -0.05) is 49.1 Å². The number of piperidine rings is 1. The van der Waals surface area contributed by atoms with E-state index in [9.17, 15) is 13.2 Å². The van der Waals surface area contributed by atoms with E-state index in [1.165, 1.54) is 21.9 Å². The highest BCUT2D eigenvalue weighted by atomic mass is 32.2. The number of carbonyl (C=O) groups excluding carboxylic acids is 1. The number of rotatable bonds is 7. The Morgan fingerprint density at radius 1 is 1.00 bits per heavy atom. The second-order valence-corrected chi connectivity index (χ2v) is 11.8. The summed E-state index contributed by atoms with van der Waals surface area (Å²) in [6.07, 6.45) is 7.00. The topological polar surface area (TPSA) is 69.7 Å². The number of aryl methyl sites for hydroxylation is 1. The van der Waals surface area contributed by atoms with E-state index in [-0.39, 0.29) is 22.9 Å². The highest BCUT2D eigenvalue weighted by Crippen LogP contribution is 2.26. The van der Waals surface area contributed by atoms with Crippen LogP contribution in [0, 0.1) is 6.92 Å².